The summed E-state index contributed by atoms with van der Waals surface area (Å²) in [6.45, 7) is 5.50. The van der Waals surface area contributed by atoms with E-state index in [0.29, 0.717) is 12.5 Å². The Kier molecular flexibility index (Phi) is 10.0. The minimum absolute atomic E-state index is 0. The molecule has 1 aromatic heterocycles. The first kappa shape index (κ1) is 22.8. The summed E-state index contributed by atoms with van der Waals surface area (Å²) in [7, 11) is 3.45. The summed E-state index contributed by atoms with van der Waals surface area (Å²) in [4.78, 5) is 17.8. The Morgan fingerprint density at radius 2 is 2.15 bits per heavy atom. The van der Waals surface area contributed by atoms with Crippen LogP contribution < -0.4 is 10.6 Å². The van der Waals surface area contributed by atoms with Gasteiger partial charge in [-0.25, -0.2) is 4.99 Å². The fourth-order valence-corrected chi connectivity index (χ4v) is 2.58. The Balaban J connectivity index is 0.00000338. The minimum atomic E-state index is -0.0540. The number of furan rings is 1. The molecule has 2 heterocycles. The summed E-state index contributed by atoms with van der Waals surface area (Å²) in [5.74, 6) is 2.25. The van der Waals surface area contributed by atoms with E-state index in [2.05, 4.69) is 15.6 Å². The summed E-state index contributed by atoms with van der Waals surface area (Å²) >= 11 is 0. The maximum atomic E-state index is 11.8. The summed E-state index contributed by atoms with van der Waals surface area (Å²) in [5, 5.41) is 6.59. The van der Waals surface area contributed by atoms with E-state index in [-0.39, 0.29) is 48.6 Å². The number of hydrogen-bond acceptors (Lipinski definition) is 4. The largest absolute Gasteiger partial charge is 0.464 e. The van der Waals surface area contributed by atoms with Crippen LogP contribution >= 0.6 is 24.0 Å². The standard InChI is InChI=1S/C18H30N4O3.HI/c1-13-8-9-16(25-13)14(2)21-18(20-12-17(23)22(3)4)19-11-15-7-5-6-10-24-15;/h8-9,14-15H,5-7,10-12H2,1-4H3,(H2,19,20,21);1H. The second-order valence-electron chi connectivity index (χ2n) is 6.64. The molecule has 1 saturated heterocycles. The van der Waals surface area contributed by atoms with Crippen molar-refractivity contribution in [1.82, 2.24) is 15.5 Å². The third kappa shape index (κ3) is 7.53. The number of carbonyl (C=O) groups is 1. The molecule has 26 heavy (non-hydrogen) atoms. The van der Waals surface area contributed by atoms with E-state index >= 15 is 0 Å². The van der Waals surface area contributed by atoms with Crippen molar-refractivity contribution in [1.29, 1.82) is 0 Å². The number of amides is 1. The number of rotatable bonds is 6. The van der Waals surface area contributed by atoms with Gasteiger partial charge in [0.1, 0.15) is 18.1 Å². The molecular weight excluding hydrogens is 447 g/mol. The van der Waals surface area contributed by atoms with Gasteiger partial charge < -0.3 is 24.7 Å². The van der Waals surface area contributed by atoms with E-state index in [1.54, 1.807) is 14.1 Å². The number of hydrogen-bond donors (Lipinski definition) is 2. The van der Waals surface area contributed by atoms with Crippen LogP contribution in [0.5, 0.6) is 0 Å². The summed E-state index contributed by atoms with van der Waals surface area (Å²) in [6, 6.07) is 3.82. The van der Waals surface area contributed by atoms with Gasteiger partial charge in [-0.05, 0) is 45.2 Å². The van der Waals surface area contributed by atoms with Gasteiger partial charge in [0.25, 0.3) is 0 Å². The van der Waals surface area contributed by atoms with Crippen molar-refractivity contribution in [2.45, 2.75) is 45.3 Å². The molecule has 1 aromatic rings. The molecule has 0 aliphatic carbocycles. The lowest BCUT2D eigenvalue weighted by Gasteiger charge is -2.24. The smallest absolute Gasteiger partial charge is 0.243 e. The van der Waals surface area contributed by atoms with Crippen LogP contribution in [-0.4, -0.2) is 56.7 Å². The van der Waals surface area contributed by atoms with Crippen molar-refractivity contribution < 1.29 is 13.9 Å². The van der Waals surface area contributed by atoms with Gasteiger partial charge in [0, 0.05) is 27.2 Å². The number of nitrogens with zero attached hydrogens (tertiary/aromatic N) is 2. The monoisotopic (exact) mass is 478 g/mol. The van der Waals surface area contributed by atoms with E-state index in [1.807, 2.05) is 26.0 Å². The molecule has 2 rings (SSSR count). The Morgan fingerprint density at radius 3 is 2.73 bits per heavy atom. The Labute approximate surface area is 173 Å². The van der Waals surface area contributed by atoms with E-state index in [9.17, 15) is 4.79 Å². The van der Waals surface area contributed by atoms with Crippen molar-refractivity contribution in [3.05, 3.63) is 23.7 Å². The van der Waals surface area contributed by atoms with Crippen LogP contribution in [0.4, 0.5) is 0 Å². The summed E-state index contributed by atoms with van der Waals surface area (Å²) in [6.07, 6.45) is 3.55. The van der Waals surface area contributed by atoms with Crippen LogP contribution in [0.15, 0.2) is 21.5 Å². The van der Waals surface area contributed by atoms with Crippen LogP contribution in [-0.2, 0) is 9.53 Å². The number of likely N-dealkylation sites (N-methyl/N-ethyl adjacent to an activating group) is 1. The third-order valence-corrected chi connectivity index (χ3v) is 4.18. The molecule has 0 radical (unpaired) electrons. The molecule has 0 spiro atoms. The highest BCUT2D eigenvalue weighted by Gasteiger charge is 2.16. The van der Waals surface area contributed by atoms with E-state index < -0.39 is 0 Å². The van der Waals surface area contributed by atoms with Gasteiger partial charge in [-0.15, -0.1) is 24.0 Å². The van der Waals surface area contributed by atoms with Gasteiger partial charge >= 0.3 is 0 Å². The number of aliphatic imine (C=N–C) groups is 1. The molecule has 0 saturated carbocycles. The Bertz CT molecular complexity index is 583. The number of halogens is 1. The molecule has 0 bridgehead atoms. The zero-order valence-corrected chi connectivity index (χ0v) is 18.4. The first-order valence-corrected chi connectivity index (χ1v) is 8.88. The van der Waals surface area contributed by atoms with E-state index in [0.717, 1.165) is 31.0 Å². The van der Waals surface area contributed by atoms with Crippen molar-refractivity contribution in [2.75, 3.05) is 33.8 Å². The number of aryl methyl sites for hydroxylation is 1. The average molecular weight is 478 g/mol. The van der Waals surface area contributed by atoms with Gasteiger partial charge in [0.15, 0.2) is 5.96 Å². The quantitative estimate of drug-likeness (QED) is 0.373. The topological polar surface area (TPSA) is 79.1 Å². The zero-order valence-electron chi connectivity index (χ0n) is 16.1. The van der Waals surface area contributed by atoms with E-state index in [4.69, 9.17) is 9.15 Å². The first-order valence-electron chi connectivity index (χ1n) is 8.88. The average Bonchev–Trinajstić information content (AvgIpc) is 3.04. The Morgan fingerprint density at radius 1 is 1.38 bits per heavy atom. The summed E-state index contributed by atoms with van der Waals surface area (Å²) in [5.41, 5.74) is 0. The highest BCUT2D eigenvalue weighted by atomic mass is 127. The molecule has 2 N–H and O–H groups in total. The van der Waals surface area contributed by atoms with Crippen molar-refractivity contribution in [3.63, 3.8) is 0 Å². The van der Waals surface area contributed by atoms with Gasteiger partial charge in [-0.1, -0.05) is 0 Å². The van der Waals surface area contributed by atoms with Gasteiger partial charge in [0.2, 0.25) is 5.91 Å². The van der Waals surface area contributed by atoms with Crippen LogP contribution in [0.25, 0.3) is 0 Å². The normalized spacial score (nSPS) is 18.6. The molecule has 0 aromatic carbocycles. The second kappa shape index (κ2) is 11.4. The number of guanidine groups is 1. The second-order valence-corrected chi connectivity index (χ2v) is 6.64. The molecule has 2 unspecified atom stereocenters. The lowest BCUT2D eigenvalue weighted by Crippen LogP contribution is -2.44. The SMILES string of the molecule is Cc1ccc(C(C)NC(=NCC(=O)N(C)C)NCC2CCCCO2)o1.I. The highest BCUT2D eigenvalue weighted by Crippen LogP contribution is 2.15. The van der Waals surface area contributed by atoms with E-state index in [1.165, 1.54) is 11.3 Å². The fraction of sp³-hybridized carbons (Fsp3) is 0.667. The maximum absolute atomic E-state index is 11.8. The van der Waals surface area contributed by atoms with Crippen LogP contribution in [0.1, 0.15) is 43.7 Å². The van der Waals surface area contributed by atoms with Crippen LogP contribution in [0.3, 0.4) is 0 Å². The Hall–Kier alpha value is -1.29. The number of nitrogens with one attached hydrogen (secondary N) is 2. The maximum Gasteiger partial charge on any atom is 0.243 e. The molecular formula is C18H31IN4O3. The van der Waals surface area contributed by atoms with Crippen molar-refractivity contribution in [2.24, 2.45) is 4.99 Å². The lowest BCUT2D eigenvalue weighted by atomic mass is 10.1. The molecule has 148 valence electrons. The van der Waals surface area contributed by atoms with Gasteiger partial charge in [0.05, 0.1) is 12.1 Å². The van der Waals surface area contributed by atoms with Crippen LogP contribution in [0, 0.1) is 6.92 Å². The molecule has 1 aliphatic rings. The number of ether oxygens (including phenoxy) is 1. The fourth-order valence-electron chi connectivity index (χ4n) is 2.58. The third-order valence-electron chi connectivity index (χ3n) is 4.18. The predicted octanol–water partition coefficient (Wildman–Crippen LogP) is 2.46. The minimum Gasteiger partial charge on any atom is -0.464 e. The highest BCUT2D eigenvalue weighted by molar-refractivity contribution is 14.0. The molecule has 7 nitrogen and oxygen atoms in total. The van der Waals surface area contributed by atoms with Crippen molar-refractivity contribution >= 4 is 35.8 Å². The molecule has 1 fully saturated rings. The lowest BCUT2D eigenvalue weighted by molar-refractivity contribution is -0.127. The van der Waals surface area contributed by atoms with Gasteiger partial charge in [-0.3, -0.25) is 4.79 Å². The predicted molar refractivity (Wildman–Crippen MR) is 113 cm³/mol. The molecule has 1 aliphatic heterocycles. The zero-order chi connectivity index (χ0) is 18.2. The molecule has 1 amide bonds. The first-order chi connectivity index (χ1) is 12.0. The van der Waals surface area contributed by atoms with Gasteiger partial charge in [-0.2, -0.15) is 0 Å². The molecule has 2 atom stereocenters. The van der Waals surface area contributed by atoms with Crippen LogP contribution in [0.2, 0.25) is 0 Å². The summed E-state index contributed by atoms with van der Waals surface area (Å²) < 4.78 is 11.4. The van der Waals surface area contributed by atoms with Crippen molar-refractivity contribution in [3.8, 4) is 0 Å². The molecule has 8 heteroatoms. The number of carbonyl (C=O) groups excluding carboxylic acids is 1.